The normalized spacial score (nSPS) is 12.5. The van der Waals surface area contributed by atoms with E-state index in [1.165, 1.54) is 30.6 Å². The molecule has 0 amide bonds. The first-order chi connectivity index (χ1) is 15.9. The van der Waals surface area contributed by atoms with Gasteiger partial charge < -0.3 is 4.57 Å². The van der Waals surface area contributed by atoms with Crippen molar-refractivity contribution in [3.8, 4) is 0 Å². The molecular weight excluding hydrogens is 444 g/mol. The molecule has 0 spiro atoms. The van der Waals surface area contributed by atoms with Crippen LogP contribution < -0.4 is 5.56 Å². The number of halogens is 3. The van der Waals surface area contributed by atoms with Gasteiger partial charge in [-0.15, -0.1) is 0 Å². The minimum Gasteiger partial charge on any atom is -0.330 e. The maximum Gasteiger partial charge on any atom is 0.277 e. The smallest absolute Gasteiger partial charge is 0.277 e. The first-order valence-electron chi connectivity index (χ1n) is 10.6. The molecule has 0 aliphatic carbocycles. The van der Waals surface area contributed by atoms with Gasteiger partial charge in [0.05, 0.1) is 11.8 Å². The Bertz CT molecular complexity index is 1540. The van der Waals surface area contributed by atoms with Crippen LogP contribution in [-0.2, 0) is 13.1 Å². The number of hydrogen-bond donors (Lipinski definition) is 0. The molecular formula is C26H20ClF2N3O. The Morgan fingerprint density at radius 1 is 1.00 bits per heavy atom. The van der Waals surface area contributed by atoms with Gasteiger partial charge >= 0.3 is 0 Å². The lowest BCUT2D eigenvalue weighted by atomic mass is 10.0. The second-order valence-corrected chi connectivity index (χ2v) is 8.60. The number of nitrogens with zero attached hydrogens (tertiary/aromatic N) is 3. The van der Waals surface area contributed by atoms with Crippen LogP contribution in [0.3, 0.4) is 0 Å². The molecule has 0 aliphatic heterocycles. The molecule has 3 aromatic carbocycles. The molecule has 0 aliphatic rings. The van der Waals surface area contributed by atoms with Gasteiger partial charge in [0.1, 0.15) is 22.7 Å². The summed E-state index contributed by atoms with van der Waals surface area (Å²) >= 11 is 6.27. The lowest BCUT2D eigenvalue weighted by Gasteiger charge is -2.14. The van der Waals surface area contributed by atoms with Gasteiger partial charge in [0, 0.05) is 23.5 Å². The van der Waals surface area contributed by atoms with E-state index in [0.717, 1.165) is 5.56 Å². The van der Waals surface area contributed by atoms with Gasteiger partial charge in [0.15, 0.2) is 0 Å². The lowest BCUT2D eigenvalue weighted by molar-refractivity contribution is 0.575. The second-order valence-electron chi connectivity index (χ2n) is 8.19. The van der Waals surface area contributed by atoms with Crippen molar-refractivity contribution in [1.82, 2.24) is 14.1 Å². The summed E-state index contributed by atoms with van der Waals surface area (Å²) in [5.41, 5.74) is 2.98. The Hall–Kier alpha value is -3.51. The van der Waals surface area contributed by atoms with Crippen LogP contribution >= 0.6 is 11.6 Å². The second kappa shape index (κ2) is 8.45. The van der Waals surface area contributed by atoms with Crippen LogP contribution in [0.4, 0.5) is 8.78 Å². The SMILES string of the molecule is C[C@H](Cn1cnc2c3cc(F)ccc3n(Cc3ccc(F)cc3Cl)c2c1=O)c1ccccc1. The molecule has 5 rings (SSSR count). The van der Waals surface area contributed by atoms with Gasteiger partial charge in [-0.3, -0.25) is 9.36 Å². The number of benzene rings is 3. The Balaban J connectivity index is 1.68. The van der Waals surface area contributed by atoms with Crippen molar-refractivity contribution in [2.45, 2.75) is 25.9 Å². The highest BCUT2D eigenvalue weighted by atomic mass is 35.5. The molecule has 0 bridgehead atoms. The topological polar surface area (TPSA) is 39.8 Å². The molecule has 0 fully saturated rings. The fourth-order valence-corrected chi connectivity index (χ4v) is 4.50. The summed E-state index contributed by atoms with van der Waals surface area (Å²) < 4.78 is 31.0. The quantitative estimate of drug-likeness (QED) is 0.314. The van der Waals surface area contributed by atoms with Crippen molar-refractivity contribution in [1.29, 1.82) is 0 Å². The van der Waals surface area contributed by atoms with Gasteiger partial charge in [-0.1, -0.05) is 54.9 Å². The van der Waals surface area contributed by atoms with Crippen LogP contribution in [0.1, 0.15) is 24.0 Å². The minimum atomic E-state index is -0.438. The van der Waals surface area contributed by atoms with Gasteiger partial charge in [-0.05, 0) is 47.4 Å². The van der Waals surface area contributed by atoms with E-state index in [1.807, 2.05) is 30.3 Å². The highest BCUT2D eigenvalue weighted by Crippen LogP contribution is 2.29. The van der Waals surface area contributed by atoms with Gasteiger partial charge in [-0.2, -0.15) is 0 Å². The average molecular weight is 464 g/mol. The summed E-state index contributed by atoms with van der Waals surface area (Å²) in [5.74, 6) is -0.762. The van der Waals surface area contributed by atoms with Crippen LogP contribution in [-0.4, -0.2) is 14.1 Å². The van der Waals surface area contributed by atoms with E-state index in [0.29, 0.717) is 34.0 Å². The Morgan fingerprint density at radius 3 is 2.48 bits per heavy atom. The molecule has 2 heterocycles. The van der Waals surface area contributed by atoms with Crippen molar-refractivity contribution in [3.05, 3.63) is 111 Å². The Morgan fingerprint density at radius 2 is 1.73 bits per heavy atom. The average Bonchev–Trinajstić information content (AvgIpc) is 3.11. The third-order valence-electron chi connectivity index (χ3n) is 5.97. The van der Waals surface area contributed by atoms with Crippen molar-refractivity contribution in [2.24, 2.45) is 0 Å². The van der Waals surface area contributed by atoms with Crippen LogP contribution in [0.25, 0.3) is 21.9 Å². The fraction of sp³-hybridized carbons (Fsp3) is 0.154. The van der Waals surface area contributed by atoms with Crippen LogP contribution in [0.15, 0.2) is 77.9 Å². The van der Waals surface area contributed by atoms with E-state index in [-0.39, 0.29) is 23.0 Å². The number of aromatic nitrogens is 3. The maximum absolute atomic E-state index is 14.1. The number of fused-ring (bicyclic) bond motifs is 3. The summed E-state index contributed by atoms with van der Waals surface area (Å²) in [6, 6.07) is 18.4. The summed E-state index contributed by atoms with van der Waals surface area (Å²) in [5, 5.41) is 0.803. The zero-order valence-corrected chi connectivity index (χ0v) is 18.6. The van der Waals surface area contributed by atoms with Gasteiger partial charge in [0.25, 0.3) is 5.56 Å². The molecule has 0 saturated carbocycles. The zero-order valence-electron chi connectivity index (χ0n) is 17.8. The van der Waals surface area contributed by atoms with E-state index in [4.69, 9.17) is 11.6 Å². The third kappa shape index (κ3) is 3.91. The predicted molar refractivity (Wildman–Crippen MR) is 127 cm³/mol. The van der Waals surface area contributed by atoms with Crippen molar-refractivity contribution >= 4 is 33.5 Å². The molecule has 1 atom stereocenters. The molecule has 0 saturated heterocycles. The molecule has 0 unspecified atom stereocenters. The van der Waals surface area contributed by atoms with E-state index in [9.17, 15) is 13.6 Å². The summed E-state index contributed by atoms with van der Waals surface area (Å²) in [6.45, 7) is 2.72. The molecule has 166 valence electrons. The summed E-state index contributed by atoms with van der Waals surface area (Å²) in [7, 11) is 0. The third-order valence-corrected chi connectivity index (χ3v) is 6.32. The Labute approximate surface area is 193 Å². The number of rotatable bonds is 5. The van der Waals surface area contributed by atoms with Gasteiger partial charge in [-0.25, -0.2) is 13.8 Å². The monoisotopic (exact) mass is 463 g/mol. The highest BCUT2D eigenvalue weighted by molar-refractivity contribution is 6.31. The van der Waals surface area contributed by atoms with Crippen molar-refractivity contribution < 1.29 is 8.78 Å². The Kier molecular flexibility index (Phi) is 5.46. The van der Waals surface area contributed by atoms with E-state index >= 15 is 0 Å². The predicted octanol–water partition coefficient (Wildman–Crippen LogP) is 6.13. The maximum atomic E-state index is 14.1. The van der Waals surface area contributed by atoms with Crippen molar-refractivity contribution in [2.75, 3.05) is 0 Å². The standard InChI is InChI=1S/C26H20ClF2N3O/c1-16(17-5-3-2-4-6-17)13-31-15-30-24-21-11-19(28)9-10-23(21)32(25(24)26(31)33)14-18-7-8-20(29)12-22(18)27/h2-12,15-16H,13-14H2,1H3/t16-/m1/s1. The first kappa shape index (κ1) is 21.3. The molecule has 0 N–H and O–H groups in total. The van der Waals surface area contributed by atoms with Crippen LogP contribution in [0.2, 0.25) is 5.02 Å². The van der Waals surface area contributed by atoms with Gasteiger partial charge in [0.2, 0.25) is 0 Å². The van der Waals surface area contributed by atoms with E-state index < -0.39 is 11.6 Å². The highest BCUT2D eigenvalue weighted by Gasteiger charge is 2.19. The fourth-order valence-electron chi connectivity index (χ4n) is 4.27. The van der Waals surface area contributed by atoms with E-state index in [2.05, 4.69) is 11.9 Å². The molecule has 4 nitrogen and oxygen atoms in total. The zero-order chi connectivity index (χ0) is 23.1. The minimum absolute atomic E-state index is 0.0879. The molecule has 2 aromatic heterocycles. The van der Waals surface area contributed by atoms with E-state index in [1.54, 1.807) is 21.3 Å². The molecule has 0 radical (unpaired) electrons. The number of hydrogen-bond acceptors (Lipinski definition) is 2. The van der Waals surface area contributed by atoms with Crippen LogP contribution in [0, 0.1) is 11.6 Å². The first-order valence-corrected chi connectivity index (χ1v) is 11.0. The molecule has 33 heavy (non-hydrogen) atoms. The lowest BCUT2D eigenvalue weighted by Crippen LogP contribution is -2.24. The molecule has 7 heteroatoms. The largest absolute Gasteiger partial charge is 0.330 e. The van der Waals surface area contributed by atoms with Crippen LogP contribution in [0.5, 0.6) is 0 Å². The molecule has 5 aromatic rings. The summed E-state index contributed by atoms with van der Waals surface area (Å²) in [4.78, 5) is 18.2. The van der Waals surface area contributed by atoms with Crippen molar-refractivity contribution in [3.63, 3.8) is 0 Å². The summed E-state index contributed by atoms with van der Waals surface area (Å²) in [6.07, 6.45) is 1.52.